The predicted molar refractivity (Wildman–Crippen MR) is 205 cm³/mol. The molecule has 1 fully saturated rings. The molecule has 4 rings (SSSR count). The number of ether oxygens (including phenoxy) is 1. The molecule has 0 unspecified atom stereocenters. The Kier molecular flexibility index (Phi) is 13.3. The van der Waals surface area contributed by atoms with Crippen LogP contribution in [0.5, 0.6) is 0 Å². The molecule has 1 aliphatic rings. The van der Waals surface area contributed by atoms with Crippen LogP contribution in [0.3, 0.4) is 0 Å². The third-order valence-electron chi connectivity index (χ3n) is 9.42. The summed E-state index contributed by atoms with van der Waals surface area (Å²) in [5.74, 6) is -0.900. The third-order valence-corrected chi connectivity index (χ3v) is 9.42. The maximum absolute atomic E-state index is 14.7. The summed E-state index contributed by atoms with van der Waals surface area (Å²) in [5.41, 5.74) is 1.15. The molecular weight excluding hydrogens is 656 g/mol. The van der Waals surface area contributed by atoms with Gasteiger partial charge in [0.2, 0.25) is 17.7 Å². The van der Waals surface area contributed by atoms with Gasteiger partial charge >= 0.3 is 6.09 Å². The highest BCUT2D eigenvalue weighted by atomic mass is 16.6. The van der Waals surface area contributed by atoms with Gasteiger partial charge in [-0.15, -0.1) is 0 Å². The highest BCUT2D eigenvalue weighted by molar-refractivity contribution is 5.95. The third kappa shape index (κ3) is 11.4. The first-order chi connectivity index (χ1) is 24.4. The van der Waals surface area contributed by atoms with Crippen LogP contribution in [0.25, 0.3) is 10.8 Å². The van der Waals surface area contributed by atoms with E-state index in [0.717, 1.165) is 21.9 Å². The Morgan fingerprint density at radius 2 is 1.44 bits per heavy atom. The number of piperidine rings is 1. The van der Waals surface area contributed by atoms with Gasteiger partial charge in [0.1, 0.15) is 17.7 Å². The molecule has 10 heteroatoms. The Balaban J connectivity index is 1.63. The van der Waals surface area contributed by atoms with Gasteiger partial charge in [0.25, 0.3) is 0 Å². The van der Waals surface area contributed by atoms with Crippen LogP contribution in [-0.2, 0) is 32.0 Å². The Morgan fingerprint density at radius 1 is 0.846 bits per heavy atom. The normalized spacial score (nSPS) is 15.5. The lowest BCUT2D eigenvalue weighted by atomic mass is 9.95. The molecule has 0 aliphatic carbocycles. The van der Waals surface area contributed by atoms with Crippen LogP contribution in [0, 0.1) is 0 Å². The van der Waals surface area contributed by atoms with Crippen molar-refractivity contribution in [2.45, 2.75) is 103 Å². The standard InChI is InChI=1S/C42H56N4O6/c1-29(28-42(5,6)43-40(51)52-41(2,3)4)24-37(48)44(7)35(27-31-18-19-32-16-12-13-17-33(32)25-31)38(49)45(8)36(26-30-14-10-9-11-15-30)39(50)46-22-20-34(47)21-23-46/h9-19,24-25,34-36,47H,20-23,26-28H2,1-8H3,(H,43,51)/b29-24+/t35-,36-/m1/s1. The van der Waals surface area contributed by atoms with Crippen molar-refractivity contribution in [2.24, 2.45) is 0 Å². The minimum Gasteiger partial charge on any atom is -0.444 e. The van der Waals surface area contributed by atoms with Gasteiger partial charge in [-0.3, -0.25) is 14.4 Å². The summed E-state index contributed by atoms with van der Waals surface area (Å²) in [7, 11) is 3.26. The van der Waals surface area contributed by atoms with Crippen LogP contribution in [0.15, 0.2) is 84.4 Å². The molecule has 2 N–H and O–H groups in total. The van der Waals surface area contributed by atoms with Crippen molar-refractivity contribution in [3.05, 3.63) is 95.6 Å². The molecular formula is C42H56N4O6. The first-order valence-electron chi connectivity index (χ1n) is 18.1. The largest absolute Gasteiger partial charge is 0.444 e. The monoisotopic (exact) mass is 712 g/mol. The van der Waals surface area contributed by atoms with Crippen molar-refractivity contribution >= 4 is 34.6 Å². The molecule has 10 nitrogen and oxygen atoms in total. The quantitative estimate of drug-likeness (QED) is 0.226. The highest BCUT2D eigenvalue weighted by Crippen LogP contribution is 2.23. The number of amides is 4. The number of carbonyl (C=O) groups excluding carboxylic acids is 4. The topological polar surface area (TPSA) is 119 Å². The molecule has 0 bridgehead atoms. The number of nitrogens with zero attached hydrogens (tertiary/aromatic N) is 3. The van der Waals surface area contributed by atoms with Gasteiger partial charge < -0.3 is 29.9 Å². The van der Waals surface area contributed by atoms with Crippen LogP contribution in [0.4, 0.5) is 4.79 Å². The number of hydrogen-bond acceptors (Lipinski definition) is 6. The maximum atomic E-state index is 14.7. The highest BCUT2D eigenvalue weighted by Gasteiger charge is 2.37. The lowest BCUT2D eigenvalue weighted by molar-refractivity contribution is -0.150. The number of likely N-dealkylation sites (N-methyl/N-ethyl adjacent to an activating group) is 2. The van der Waals surface area contributed by atoms with E-state index >= 15 is 0 Å². The molecule has 1 aliphatic heterocycles. The number of likely N-dealkylation sites (tertiary alicyclic amines) is 1. The minimum atomic E-state index is -0.926. The lowest BCUT2D eigenvalue weighted by Crippen LogP contribution is -2.57. The first-order valence-corrected chi connectivity index (χ1v) is 18.1. The number of benzene rings is 3. The Bertz CT molecular complexity index is 1740. The number of rotatable bonds is 12. The smallest absolute Gasteiger partial charge is 0.408 e. The van der Waals surface area contributed by atoms with Gasteiger partial charge in [-0.05, 0) is 82.7 Å². The van der Waals surface area contributed by atoms with Crippen molar-refractivity contribution in [1.82, 2.24) is 20.0 Å². The fraction of sp³-hybridized carbons (Fsp3) is 0.476. The molecule has 0 saturated carbocycles. The number of carbonyl (C=O) groups is 4. The second-order valence-electron chi connectivity index (χ2n) is 15.7. The van der Waals surface area contributed by atoms with E-state index in [-0.39, 0.29) is 24.1 Å². The molecule has 280 valence electrons. The molecule has 4 amide bonds. The van der Waals surface area contributed by atoms with Gasteiger partial charge in [-0.2, -0.15) is 0 Å². The van der Waals surface area contributed by atoms with Crippen molar-refractivity contribution < 1.29 is 29.0 Å². The fourth-order valence-corrected chi connectivity index (χ4v) is 6.73. The van der Waals surface area contributed by atoms with Crippen LogP contribution < -0.4 is 5.32 Å². The molecule has 2 atom stereocenters. The van der Waals surface area contributed by atoms with Gasteiger partial charge in [0, 0.05) is 51.6 Å². The molecule has 1 saturated heterocycles. The van der Waals surface area contributed by atoms with E-state index in [2.05, 4.69) is 5.32 Å². The number of nitrogens with one attached hydrogen (secondary N) is 1. The number of fused-ring (bicyclic) bond motifs is 1. The molecule has 0 aromatic heterocycles. The van der Waals surface area contributed by atoms with E-state index in [1.54, 1.807) is 39.8 Å². The average Bonchev–Trinajstić information content (AvgIpc) is 3.07. The number of hydrogen-bond donors (Lipinski definition) is 2. The van der Waals surface area contributed by atoms with E-state index in [1.165, 1.54) is 15.9 Å². The van der Waals surface area contributed by atoms with Crippen LogP contribution >= 0.6 is 0 Å². The molecule has 52 heavy (non-hydrogen) atoms. The second kappa shape index (κ2) is 17.2. The molecule has 0 spiro atoms. The van der Waals surface area contributed by atoms with Crippen LogP contribution in [-0.4, -0.2) is 100 Å². The average molecular weight is 713 g/mol. The zero-order chi connectivity index (χ0) is 38.2. The van der Waals surface area contributed by atoms with E-state index in [0.29, 0.717) is 44.3 Å². The second-order valence-corrected chi connectivity index (χ2v) is 15.7. The van der Waals surface area contributed by atoms with Crippen molar-refractivity contribution in [3.63, 3.8) is 0 Å². The van der Waals surface area contributed by atoms with Crippen LogP contribution in [0.1, 0.15) is 71.9 Å². The summed E-state index contributed by atoms with van der Waals surface area (Å²) >= 11 is 0. The number of aliphatic hydroxyl groups is 1. The summed E-state index contributed by atoms with van der Waals surface area (Å²) in [4.78, 5) is 60.0. The number of aliphatic hydroxyl groups excluding tert-OH is 1. The van der Waals surface area contributed by atoms with E-state index in [9.17, 15) is 24.3 Å². The van der Waals surface area contributed by atoms with Crippen molar-refractivity contribution in [2.75, 3.05) is 27.2 Å². The van der Waals surface area contributed by atoms with Crippen molar-refractivity contribution in [3.8, 4) is 0 Å². The van der Waals surface area contributed by atoms with Crippen LogP contribution in [0.2, 0.25) is 0 Å². The molecule has 3 aromatic carbocycles. The van der Waals surface area contributed by atoms with E-state index in [1.807, 2.05) is 93.6 Å². The summed E-state index contributed by atoms with van der Waals surface area (Å²) < 4.78 is 5.43. The van der Waals surface area contributed by atoms with Gasteiger partial charge in [0.05, 0.1) is 6.10 Å². The lowest BCUT2D eigenvalue weighted by Gasteiger charge is -2.38. The summed E-state index contributed by atoms with van der Waals surface area (Å²) in [6, 6.07) is 21.8. The Hall–Kier alpha value is -4.70. The van der Waals surface area contributed by atoms with E-state index < -0.39 is 35.4 Å². The van der Waals surface area contributed by atoms with Crippen molar-refractivity contribution in [1.29, 1.82) is 0 Å². The maximum Gasteiger partial charge on any atom is 0.408 e. The summed E-state index contributed by atoms with van der Waals surface area (Å²) in [6.07, 6.45) is 2.39. The van der Waals surface area contributed by atoms with Gasteiger partial charge in [-0.25, -0.2) is 4.79 Å². The van der Waals surface area contributed by atoms with E-state index in [4.69, 9.17) is 4.74 Å². The Morgan fingerprint density at radius 3 is 2.08 bits per heavy atom. The zero-order valence-corrected chi connectivity index (χ0v) is 32.0. The van der Waals surface area contributed by atoms with Gasteiger partial charge in [-0.1, -0.05) is 78.4 Å². The fourth-order valence-electron chi connectivity index (χ4n) is 6.73. The predicted octanol–water partition coefficient (Wildman–Crippen LogP) is 5.90. The molecule has 0 radical (unpaired) electrons. The molecule has 1 heterocycles. The first kappa shape index (κ1) is 40.1. The van der Waals surface area contributed by atoms with Gasteiger partial charge in [0.15, 0.2) is 0 Å². The summed E-state index contributed by atoms with van der Waals surface area (Å²) in [5, 5.41) is 15.1. The molecule has 3 aromatic rings. The Labute approximate surface area is 308 Å². The minimum absolute atomic E-state index is 0.180. The summed E-state index contributed by atoms with van der Waals surface area (Å²) in [6.45, 7) is 11.7. The SMILES string of the molecule is C/C(=C\C(=O)N(C)[C@H](Cc1ccc2ccccc2c1)C(=O)N(C)[C@H](Cc1ccccc1)C(=O)N1CCC(O)CC1)CC(C)(C)NC(=O)OC(C)(C)C. The number of alkyl carbamates (subject to hydrolysis) is 1. The zero-order valence-electron chi connectivity index (χ0n) is 32.0.